The van der Waals surface area contributed by atoms with Crippen molar-refractivity contribution < 1.29 is 19.2 Å². The van der Waals surface area contributed by atoms with E-state index in [0.29, 0.717) is 22.0 Å². The summed E-state index contributed by atoms with van der Waals surface area (Å²) in [4.78, 5) is 34.3. The van der Waals surface area contributed by atoms with E-state index in [1.165, 1.54) is 37.4 Å². The number of non-ortho nitro benzene ring substituents is 1. The molecule has 0 fully saturated rings. The van der Waals surface area contributed by atoms with Crippen molar-refractivity contribution in [1.29, 1.82) is 0 Å². The highest BCUT2D eigenvalue weighted by Crippen LogP contribution is 2.24. The van der Waals surface area contributed by atoms with E-state index in [9.17, 15) is 19.7 Å². The summed E-state index contributed by atoms with van der Waals surface area (Å²) < 4.78 is 5.12. The van der Waals surface area contributed by atoms with Crippen molar-refractivity contribution >= 4 is 34.7 Å². The van der Waals surface area contributed by atoms with Crippen LogP contribution in [0.4, 0.5) is 11.4 Å². The molecule has 0 aliphatic heterocycles. The highest BCUT2D eigenvalue weighted by atomic mass is 35.5. The predicted molar refractivity (Wildman–Crippen MR) is 93.3 cm³/mol. The van der Waals surface area contributed by atoms with Crippen LogP contribution in [-0.2, 0) is 4.79 Å². The minimum Gasteiger partial charge on any atom is -0.496 e. The SMILES string of the molecule is COc1ccc(Cl)cc1C(=O)CCC(=O)Nc1ccc([N+](=O)[O-])cc1. The van der Waals surface area contributed by atoms with Gasteiger partial charge in [0.05, 0.1) is 17.6 Å². The van der Waals surface area contributed by atoms with E-state index in [1.807, 2.05) is 0 Å². The molecule has 0 aliphatic rings. The molecule has 2 rings (SSSR count). The van der Waals surface area contributed by atoms with E-state index in [0.717, 1.165) is 0 Å². The molecule has 0 spiro atoms. The van der Waals surface area contributed by atoms with Gasteiger partial charge < -0.3 is 10.1 Å². The van der Waals surface area contributed by atoms with Gasteiger partial charge in [0, 0.05) is 35.7 Å². The topological polar surface area (TPSA) is 98.5 Å². The zero-order valence-corrected chi connectivity index (χ0v) is 14.1. The summed E-state index contributed by atoms with van der Waals surface area (Å²) in [6, 6.07) is 10.1. The van der Waals surface area contributed by atoms with Crippen LogP contribution in [0.15, 0.2) is 42.5 Å². The Morgan fingerprint density at radius 3 is 2.44 bits per heavy atom. The van der Waals surface area contributed by atoms with Gasteiger partial charge in [-0.05, 0) is 30.3 Å². The molecule has 2 aromatic rings. The number of nitrogens with zero attached hydrogens (tertiary/aromatic N) is 1. The van der Waals surface area contributed by atoms with Crippen molar-refractivity contribution in [3.8, 4) is 5.75 Å². The standard InChI is InChI=1S/C17H15ClN2O5/c1-25-16-8-2-11(18)10-14(16)15(21)7-9-17(22)19-12-3-5-13(6-4-12)20(23)24/h2-6,8,10H,7,9H2,1H3,(H,19,22). The number of ether oxygens (including phenoxy) is 1. The number of hydrogen-bond donors (Lipinski definition) is 1. The molecular formula is C17H15ClN2O5. The summed E-state index contributed by atoms with van der Waals surface area (Å²) in [7, 11) is 1.45. The fourth-order valence-electron chi connectivity index (χ4n) is 2.15. The number of benzene rings is 2. The van der Waals surface area contributed by atoms with E-state index >= 15 is 0 Å². The van der Waals surface area contributed by atoms with Gasteiger partial charge in [0.15, 0.2) is 5.78 Å². The Hall–Kier alpha value is -2.93. The number of methoxy groups -OCH3 is 1. The molecule has 7 nitrogen and oxygen atoms in total. The Morgan fingerprint density at radius 1 is 1.16 bits per heavy atom. The van der Waals surface area contributed by atoms with E-state index in [1.54, 1.807) is 12.1 Å². The van der Waals surface area contributed by atoms with E-state index in [-0.39, 0.29) is 30.2 Å². The quantitative estimate of drug-likeness (QED) is 0.458. The molecule has 130 valence electrons. The number of nitro groups is 1. The van der Waals surface area contributed by atoms with Gasteiger partial charge >= 0.3 is 0 Å². The number of Topliss-reactive ketones (excluding diaryl/α,β-unsaturated/α-hetero) is 1. The maximum atomic E-state index is 12.3. The highest BCUT2D eigenvalue weighted by Gasteiger charge is 2.15. The van der Waals surface area contributed by atoms with Crippen LogP contribution in [0.1, 0.15) is 23.2 Å². The van der Waals surface area contributed by atoms with Crippen LogP contribution >= 0.6 is 11.6 Å². The second-order valence-corrected chi connectivity index (χ2v) is 5.56. The normalized spacial score (nSPS) is 10.2. The lowest BCUT2D eigenvalue weighted by Gasteiger charge is -2.08. The van der Waals surface area contributed by atoms with Gasteiger partial charge in [-0.3, -0.25) is 19.7 Å². The molecule has 0 saturated carbocycles. The van der Waals surface area contributed by atoms with Gasteiger partial charge in [0.1, 0.15) is 5.75 Å². The fraction of sp³-hybridized carbons (Fsp3) is 0.176. The van der Waals surface area contributed by atoms with Crippen LogP contribution in [0, 0.1) is 10.1 Å². The molecule has 0 atom stereocenters. The Kier molecular flexibility index (Phi) is 6.08. The van der Waals surface area contributed by atoms with Crippen LogP contribution in [-0.4, -0.2) is 23.7 Å². The molecule has 25 heavy (non-hydrogen) atoms. The van der Waals surface area contributed by atoms with Crippen molar-refractivity contribution in [3.63, 3.8) is 0 Å². The molecule has 0 aliphatic carbocycles. The highest BCUT2D eigenvalue weighted by molar-refractivity contribution is 6.31. The molecular weight excluding hydrogens is 348 g/mol. The second kappa shape index (κ2) is 8.25. The lowest BCUT2D eigenvalue weighted by atomic mass is 10.1. The number of rotatable bonds is 7. The Bertz CT molecular complexity index is 805. The monoisotopic (exact) mass is 362 g/mol. The molecule has 0 aromatic heterocycles. The van der Waals surface area contributed by atoms with Gasteiger partial charge in [0.2, 0.25) is 5.91 Å². The van der Waals surface area contributed by atoms with E-state index in [2.05, 4.69) is 5.32 Å². The zero-order chi connectivity index (χ0) is 18.4. The van der Waals surface area contributed by atoms with Crippen molar-refractivity contribution in [2.45, 2.75) is 12.8 Å². The largest absolute Gasteiger partial charge is 0.496 e. The molecule has 0 saturated heterocycles. The maximum Gasteiger partial charge on any atom is 0.269 e. The third-order valence-electron chi connectivity index (χ3n) is 3.40. The van der Waals surface area contributed by atoms with Crippen molar-refractivity contribution in [2.24, 2.45) is 0 Å². The fourth-order valence-corrected chi connectivity index (χ4v) is 2.32. The molecule has 1 amide bonds. The maximum absolute atomic E-state index is 12.3. The van der Waals surface area contributed by atoms with Crippen LogP contribution in [0.5, 0.6) is 5.75 Å². The molecule has 0 bridgehead atoms. The molecule has 0 heterocycles. The molecule has 8 heteroatoms. The van der Waals surface area contributed by atoms with E-state index in [4.69, 9.17) is 16.3 Å². The van der Waals surface area contributed by atoms with Gasteiger partial charge in [-0.2, -0.15) is 0 Å². The minimum atomic E-state index is -0.525. The number of carbonyl (C=O) groups excluding carboxylic acids is 2. The van der Waals surface area contributed by atoms with Crippen molar-refractivity contribution in [1.82, 2.24) is 0 Å². The van der Waals surface area contributed by atoms with Crippen molar-refractivity contribution in [2.75, 3.05) is 12.4 Å². The van der Waals surface area contributed by atoms with Crippen molar-refractivity contribution in [3.05, 3.63) is 63.2 Å². The molecule has 2 aromatic carbocycles. The van der Waals surface area contributed by atoms with Gasteiger partial charge in [-0.25, -0.2) is 0 Å². The van der Waals surface area contributed by atoms with Crippen LogP contribution in [0.25, 0.3) is 0 Å². The van der Waals surface area contributed by atoms with Crippen LogP contribution < -0.4 is 10.1 Å². The summed E-state index contributed by atoms with van der Waals surface area (Å²) in [5, 5.41) is 13.6. The number of nitro benzene ring substituents is 1. The minimum absolute atomic E-state index is 0.0183. The number of amides is 1. The third kappa shape index (κ3) is 5.02. The van der Waals surface area contributed by atoms with Gasteiger partial charge in [-0.15, -0.1) is 0 Å². The summed E-state index contributed by atoms with van der Waals surface area (Å²) in [5.41, 5.74) is 0.669. The van der Waals surface area contributed by atoms with Gasteiger partial charge in [-0.1, -0.05) is 11.6 Å². The number of halogens is 1. The predicted octanol–water partition coefficient (Wildman–Crippen LogP) is 3.86. The first-order chi connectivity index (χ1) is 11.9. The lowest BCUT2D eigenvalue weighted by molar-refractivity contribution is -0.384. The lowest BCUT2D eigenvalue weighted by Crippen LogP contribution is -2.13. The summed E-state index contributed by atoms with van der Waals surface area (Å²) in [6.07, 6.45) is -0.0546. The molecule has 1 N–H and O–H groups in total. The Balaban J connectivity index is 1.94. The summed E-state index contributed by atoms with van der Waals surface area (Å²) in [6.45, 7) is 0. The van der Waals surface area contributed by atoms with Gasteiger partial charge in [0.25, 0.3) is 5.69 Å². The number of hydrogen-bond acceptors (Lipinski definition) is 5. The average Bonchev–Trinajstić information content (AvgIpc) is 2.60. The Morgan fingerprint density at radius 2 is 1.84 bits per heavy atom. The Labute approximate surface area is 148 Å². The second-order valence-electron chi connectivity index (χ2n) is 5.12. The summed E-state index contributed by atoms with van der Waals surface area (Å²) in [5.74, 6) is -0.244. The number of anilines is 1. The summed E-state index contributed by atoms with van der Waals surface area (Å²) >= 11 is 5.89. The number of nitrogens with one attached hydrogen (secondary N) is 1. The molecule has 0 radical (unpaired) electrons. The van der Waals surface area contributed by atoms with Crippen LogP contribution in [0.3, 0.4) is 0 Å². The molecule has 0 unspecified atom stereocenters. The number of carbonyl (C=O) groups is 2. The third-order valence-corrected chi connectivity index (χ3v) is 3.64. The first kappa shape index (κ1) is 18.4. The first-order valence-electron chi connectivity index (χ1n) is 7.31. The van der Waals surface area contributed by atoms with Crippen LogP contribution in [0.2, 0.25) is 5.02 Å². The zero-order valence-electron chi connectivity index (χ0n) is 13.3. The van der Waals surface area contributed by atoms with E-state index < -0.39 is 4.92 Å². The first-order valence-corrected chi connectivity index (χ1v) is 7.69. The number of ketones is 1. The smallest absolute Gasteiger partial charge is 0.269 e. The average molecular weight is 363 g/mol.